The molecular formula is C18H19N3O. The van der Waals surface area contributed by atoms with Crippen LogP contribution < -0.4 is 5.56 Å². The second-order valence-electron chi connectivity index (χ2n) is 6.20. The average Bonchev–Trinajstić information content (AvgIpc) is 3.02. The van der Waals surface area contributed by atoms with E-state index in [2.05, 4.69) is 27.3 Å². The monoisotopic (exact) mass is 293 g/mol. The Hall–Kier alpha value is -2.36. The van der Waals surface area contributed by atoms with Crippen LogP contribution in [-0.4, -0.2) is 15.2 Å². The van der Waals surface area contributed by atoms with Gasteiger partial charge in [-0.3, -0.25) is 9.89 Å². The van der Waals surface area contributed by atoms with Crippen LogP contribution in [0.5, 0.6) is 0 Å². The first-order chi connectivity index (χ1) is 10.8. The minimum absolute atomic E-state index is 0.00892. The molecule has 0 amide bonds. The molecule has 0 bridgehead atoms. The van der Waals surface area contributed by atoms with E-state index in [1.54, 1.807) is 6.07 Å². The molecule has 4 nitrogen and oxygen atoms in total. The van der Waals surface area contributed by atoms with Crippen molar-refractivity contribution in [3.63, 3.8) is 0 Å². The minimum atomic E-state index is -0.00892. The average molecular weight is 293 g/mol. The zero-order valence-electron chi connectivity index (χ0n) is 12.4. The molecule has 2 N–H and O–H groups in total. The van der Waals surface area contributed by atoms with Gasteiger partial charge in [-0.15, -0.1) is 0 Å². The summed E-state index contributed by atoms with van der Waals surface area (Å²) >= 11 is 0. The van der Waals surface area contributed by atoms with Gasteiger partial charge in [0, 0.05) is 17.1 Å². The van der Waals surface area contributed by atoms with Gasteiger partial charge < -0.3 is 4.98 Å². The van der Waals surface area contributed by atoms with Gasteiger partial charge in [0.2, 0.25) is 5.56 Å². The number of nitrogens with one attached hydrogen (secondary N) is 2. The van der Waals surface area contributed by atoms with E-state index in [9.17, 15) is 4.79 Å². The van der Waals surface area contributed by atoms with Crippen LogP contribution in [0.2, 0.25) is 0 Å². The number of fused-ring (bicyclic) bond motifs is 1. The van der Waals surface area contributed by atoms with Crippen LogP contribution in [-0.2, 0) is 0 Å². The first-order valence-corrected chi connectivity index (χ1v) is 7.97. The van der Waals surface area contributed by atoms with E-state index in [0.29, 0.717) is 5.92 Å². The molecule has 0 atom stereocenters. The first-order valence-electron chi connectivity index (χ1n) is 7.97. The summed E-state index contributed by atoms with van der Waals surface area (Å²) in [6, 6.07) is 9.98. The molecule has 112 valence electrons. The second kappa shape index (κ2) is 5.44. The van der Waals surface area contributed by atoms with Gasteiger partial charge in [0.25, 0.3) is 0 Å². The van der Waals surface area contributed by atoms with E-state index in [1.165, 1.54) is 32.1 Å². The number of nitrogens with zero attached hydrogens (tertiary/aromatic N) is 1. The van der Waals surface area contributed by atoms with Crippen molar-refractivity contribution in [1.82, 2.24) is 15.2 Å². The van der Waals surface area contributed by atoms with Crippen molar-refractivity contribution in [3.8, 4) is 11.1 Å². The molecule has 0 aliphatic heterocycles. The number of H-pyrrole nitrogens is 2. The lowest BCUT2D eigenvalue weighted by molar-refractivity contribution is 0.436. The third-order valence-electron chi connectivity index (χ3n) is 4.68. The van der Waals surface area contributed by atoms with Crippen molar-refractivity contribution >= 4 is 10.9 Å². The maximum Gasteiger partial charge on any atom is 0.248 e. The predicted octanol–water partition coefficient (Wildman–Crippen LogP) is 3.97. The predicted molar refractivity (Wildman–Crippen MR) is 88.0 cm³/mol. The van der Waals surface area contributed by atoms with Crippen LogP contribution in [0.4, 0.5) is 0 Å². The Morgan fingerprint density at radius 3 is 2.73 bits per heavy atom. The number of hydrogen-bond donors (Lipinski definition) is 2. The highest BCUT2D eigenvalue weighted by Gasteiger charge is 2.17. The molecule has 1 saturated carbocycles. The Morgan fingerprint density at radius 2 is 1.86 bits per heavy atom. The molecule has 2 aromatic heterocycles. The van der Waals surface area contributed by atoms with Crippen LogP contribution >= 0.6 is 0 Å². The van der Waals surface area contributed by atoms with E-state index in [4.69, 9.17) is 0 Å². The van der Waals surface area contributed by atoms with Crippen molar-refractivity contribution in [1.29, 1.82) is 0 Å². The number of hydrogen-bond acceptors (Lipinski definition) is 2. The first kappa shape index (κ1) is 13.3. The summed E-state index contributed by atoms with van der Waals surface area (Å²) < 4.78 is 0. The fraction of sp³-hybridized carbons (Fsp3) is 0.333. The lowest BCUT2D eigenvalue weighted by Gasteiger charge is -2.22. The Balaban J connectivity index is 1.77. The molecule has 1 fully saturated rings. The van der Waals surface area contributed by atoms with Crippen LogP contribution in [0.15, 0.2) is 41.3 Å². The van der Waals surface area contributed by atoms with Gasteiger partial charge in [0.05, 0.1) is 11.7 Å². The van der Waals surface area contributed by atoms with Crippen molar-refractivity contribution in [2.24, 2.45) is 0 Å². The lowest BCUT2D eigenvalue weighted by atomic mass is 9.86. The zero-order valence-corrected chi connectivity index (χ0v) is 12.4. The van der Waals surface area contributed by atoms with Gasteiger partial charge >= 0.3 is 0 Å². The number of aromatic amines is 2. The zero-order chi connectivity index (χ0) is 14.9. The standard InChI is InChI=1S/C18H19N3O/c22-18-10-14(9-17(20-18)12-4-2-1-3-5-12)13-6-7-16-15(8-13)11-19-21-16/h6-12H,1-5H2,(H,19,21)(H,20,22). The van der Waals surface area contributed by atoms with E-state index in [0.717, 1.165) is 27.7 Å². The molecule has 4 rings (SSSR count). The molecule has 1 aromatic carbocycles. The SMILES string of the molecule is O=c1cc(-c2ccc3[nH]ncc3c2)cc(C2CCCCC2)[nH]1. The Bertz CT molecular complexity index is 856. The summed E-state index contributed by atoms with van der Waals surface area (Å²) in [5.74, 6) is 0.499. The van der Waals surface area contributed by atoms with Gasteiger partial charge in [0.15, 0.2) is 0 Å². The lowest BCUT2D eigenvalue weighted by Crippen LogP contribution is -2.13. The minimum Gasteiger partial charge on any atom is -0.326 e. The van der Waals surface area contributed by atoms with Gasteiger partial charge in [-0.25, -0.2) is 0 Å². The molecular weight excluding hydrogens is 274 g/mol. The van der Waals surface area contributed by atoms with Crippen molar-refractivity contribution in [3.05, 3.63) is 52.6 Å². The van der Waals surface area contributed by atoms with Gasteiger partial charge in [-0.05, 0) is 48.1 Å². The van der Waals surface area contributed by atoms with Crippen molar-refractivity contribution < 1.29 is 0 Å². The number of aromatic nitrogens is 3. The number of pyridine rings is 1. The molecule has 3 aromatic rings. The summed E-state index contributed by atoms with van der Waals surface area (Å²) in [7, 11) is 0. The van der Waals surface area contributed by atoms with Crippen LogP contribution in [0, 0.1) is 0 Å². The second-order valence-corrected chi connectivity index (χ2v) is 6.20. The van der Waals surface area contributed by atoms with Gasteiger partial charge in [-0.1, -0.05) is 25.3 Å². The molecule has 1 aliphatic carbocycles. The normalized spacial score (nSPS) is 16.2. The molecule has 0 radical (unpaired) electrons. The van der Waals surface area contributed by atoms with E-state index >= 15 is 0 Å². The number of benzene rings is 1. The third-order valence-corrected chi connectivity index (χ3v) is 4.68. The highest BCUT2D eigenvalue weighted by atomic mass is 16.1. The third kappa shape index (κ3) is 2.45. The molecule has 22 heavy (non-hydrogen) atoms. The summed E-state index contributed by atoms with van der Waals surface area (Å²) in [5, 5.41) is 8.07. The summed E-state index contributed by atoms with van der Waals surface area (Å²) in [4.78, 5) is 15.1. The van der Waals surface area contributed by atoms with Crippen LogP contribution in [0.3, 0.4) is 0 Å². The molecule has 0 saturated heterocycles. The molecule has 0 spiro atoms. The van der Waals surface area contributed by atoms with E-state index < -0.39 is 0 Å². The highest BCUT2D eigenvalue weighted by molar-refractivity contribution is 5.83. The molecule has 1 aliphatic rings. The van der Waals surface area contributed by atoms with E-state index in [-0.39, 0.29) is 5.56 Å². The summed E-state index contributed by atoms with van der Waals surface area (Å²) in [5.41, 5.74) is 4.16. The van der Waals surface area contributed by atoms with Crippen LogP contribution in [0.1, 0.15) is 43.7 Å². The quantitative estimate of drug-likeness (QED) is 0.751. The smallest absolute Gasteiger partial charge is 0.248 e. The van der Waals surface area contributed by atoms with Crippen molar-refractivity contribution in [2.75, 3.05) is 0 Å². The molecule has 0 unspecified atom stereocenters. The summed E-state index contributed by atoms with van der Waals surface area (Å²) in [6.07, 6.45) is 8.02. The summed E-state index contributed by atoms with van der Waals surface area (Å²) in [6.45, 7) is 0. The maximum atomic E-state index is 12.1. The molecule has 4 heteroatoms. The fourth-order valence-electron chi connectivity index (χ4n) is 3.49. The Labute approximate surface area is 128 Å². The highest BCUT2D eigenvalue weighted by Crippen LogP contribution is 2.33. The van der Waals surface area contributed by atoms with Crippen molar-refractivity contribution in [2.45, 2.75) is 38.0 Å². The Morgan fingerprint density at radius 1 is 1.00 bits per heavy atom. The van der Waals surface area contributed by atoms with E-state index in [1.807, 2.05) is 18.3 Å². The largest absolute Gasteiger partial charge is 0.326 e. The van der Waals surface area contributed by atoms with Gasteiger partial charge in [0.1, 0.15) is 0 Å². The molecule has 2 heterocycles. The topological polar surface area (TPSA) is 61.5 Å². The fourth-order valence-corrected chi connectivity index (χ4v) is 3.49. The van der Waals surface area contributed by atoms with Crippen LogP contribution in [0.25, 0.3) is 22.0 Å². The number of rotatable bonds is 2. The van der Waals surface area contributed by atoms with Gasteiger partial charge in [-0.2, -0.15) is 5.10 Å². The Kier molecular flexibility index (Phi) is 3.29. The maximum absolute atomic E-state index is 12.1.